The number of aromatic nitrogens is 1. The zero-order chi connectivity index (χ0) is 15.4. The van der Waals surface area contributed by atoms with E-state index in [0.29, 0.717) is 4.47 Å². The quantitative estimate of drug-likeness (QED) is 0.850. The lowest BCUT2D eigenvalue weighted by Gasteiger charge is -2.11. The molecule has 0 unspecified atom stereocenters. The number of nitrogen functional groups attached to an aromatic ring is 1. The third-order valence-electron chi connectivity index (χ3n) is 2.55. The first kappa shape index (κ1) is 15.2. The number of halogens is 2. The van der Waals surface area contributed by atoms with Crippen molar-refractivity contribution in [2.45, 2.75) is 6.92 Å². The smallest absolute Gasteiger partial charge is 0.340 e. The van der Waals surface area contributed by atoms with E-state index in [2.05, 4.69) is 20.9 Å². The minimum atomic E-state index is -0.586. The molecule has 0 aliphatic rings. The van der Waals surface area contributed by atoms with Crippen molar-refractivity contribution in [3.8, 4) is 11.6 Å². The first-order valence-electron chi connectivity index (χ1n) is 6.07. The summed E-state index contributed by atoms with van der Waals surface area (Å²) in [4.78, 5) is 15.6. The summed E-state index contributed by atoms with van der Waals surface area (Å²) in [6.45, 7) is 1.90. The van der Waals surface area contributed by atoms with Crippen LogP contribution in [0.2, 0.25) is 0 Å². The van der Waals surface area contributed by atoms with Gasteiger partial charge in [0, 0.05) is 10.7 Å². The predicted octanol–water partition coefficient (Wildman–Crippen LogP) is 3.53. The minimum Gasteiger partial charge on any atom is -0.462 e. The fourth-order valence-corrected chi connectivity index (χ4v) is 1.92. The van der Waals surface area contributed by atoms with E-state index in [1.807, 2.05) is 0 Å². The maximum absolute atomic E-state index is 13.7. The Hall–Kier alpha value is -2.15. The number of carbonyl (C=O) groups is 1. The predicted molar refractivity (Wildman–Crippen MR) is 78.8 cm³/mol. The summed E-state index contributed by atoms with van der Waals surface area (Å²) in [5.74, 6) is -1.26. The van der Waals surface area contributed by atoms with Crippen LogP contribution in [0.1, 0.15) is 17.3 Å². The number of carbonyl (C=O) groups excluding carboxylic acids is 1. The van der Waals surface area contributed by atoms with Crippen molar-refractivity contribution in [1.29, 1.82) is 0 Å². The van der Waals surface area contributed by atoms with Gasteiger partial charge in [-0.05, 0) is 31.2 Å². The van der Waals surface area contributed by atoms with Crippen LogP contribution in [0, 0.1) is 5.82 Å². The van der Waals surface area contributed by atoms with E-state index in [9.17, 15) is 9.18 Å². The van der Waals surface area contributed by atoms with Gasteiger partial charge in [-0.15, -0.1) is 0 Å². The van der Waals surface area contributed by atoms with Gasteiger partial charge in [0.1, 0.15) is 5.69 Å². The zero-order valence-corrected chi connectivity index (χ0v) is 12.7. The molecule has 1 aromatic heterocycles. The number of hydrogen-bond donors (Lipinski definition) is 1. The number of hydrogen-bond acceptors (Lipinski definition) is 5. The molecule has 0 spiro atoms. The van der Waals surface area contributed by atoms with Gasteiger partial charge >= 0.3 is 5.97 Å². The largest absolute Gasteiger partial charge is 0.462 e. The van der Waals surface area contributed by atoms with Gasteiger partial charge in [-0.2, -0.15) is 0 Å². The van der Waals surface area contributed by atoms with Gasteiger partial charge < -0.3 is 15.2 Å². The standard InChI is InChI=1S/C14H12BrFN2O3/c1-2-20-14(19)9-5-6-18-13(12(9)17)21-11-7-8(15)3-4-10(11)16/h3-7H,2,17H2,1H3. The Morgan fingerprint density at radius 2 is 2.19 bits per heavy atom. The summed E-state index contributed by atoms with van der Waals surface area (Å²) in [6.07, 6.45) is 1.34. The van der Waals surface area contributed by atoms with Crippen molar-refractivity contribution in [2.75, 3.05) is 12.3 Å². The highest BCUT2D eigenvalue weighted by Gasteiger charge is 2.17. The van der Waals surface area contributed by atoms with Crippen LogP contribution in [-0.2, 0) is 4.74 Å². The van der Waals surface area contributed by atoms with Crippen molar-refractivity contribution >= 4 is 27.6 Å². The molecule has 2 aromatic rings. The number of ether oxygens (including phenoxy) is 2. The highest BCUT2D eigenvalue weighted by molar-refractivity contribution is 9.10. The minimum absolute atomic E-state index is 0.00433. The van der Waals surface area contributed by atoms with Gasteiger partial charge in [0.15, 0.2) is 11.6 Å². The second-order valence-corrected chi connectivity index (χ2v) is 4.89. The lowest BCUT2D eigenvalue weighted by molar-refractivity contribution is 0.0527. The SMILES string of the molecule is CCOC(=O)c1ccnc(Oc2cc(Br)ccc2F)c1N. The van der Waals surface area contributed by atoms with E-state index in [1.54, 1.807) is 6.92 Å². The van der Waals surface area contributed by atoms with Crippen molar-refractivity contribution in [2.24, 2.45) is 0 Å². The topological polar surface area (TPSA) is 74.4 Å². The maximum Gasteiger partial charge on any atom is 0.340 e. The monoisotopic (exact) mass is 354 g/mol. The van der Waals surface area contributed by atoms with Gasteiger partial charge in [-0.3, -0.25) is 0 Å². The molecular weight excluding hydrogens is 343 g/mol. The van der Waals surface area contributed by atoms with Gasteiger partial charge in [-0.1, -0.05) is 15.9 Å². The molecule has 0 atom stereocenters. The lowest BCUT2D eigenvalue weighted by Crippen LogP contribution is -2.09. The third-order valence-corrected chi connectivity index (χ3v) is 3.04. The first-order valence-corrected chi connectivity index (χ1v) is 6.86. The van der Waals surface area contributed by atoms with E-state index in [1.165, 1.54) is 30.5 Å². The molecule has 0 amide bonds. The van der Waals surface area contributed by atoms with E-state index in [0.717, 1.165) is 0 Å². The van der Waals surface area contributed by atoms with Crippen LogP contribution in [0.3, 0.4) is 0 Å². The second kappa shape index (κ2) is 6.53. The fourth-order valence-electron chi connectivity index (χ4n) is 1.58. The Labute approximate surface area is 129 Å². The average Bonchev–Trinajstić information content (AvgIpc) is 2.45. The van der Waals surface area contributed by atoms with Crippen LogP contribution in [0.15, 0.2) is 34.9 Å². The van der Waals surface area contributed by atoms with Gasteiger partial charge in [-0.25, -0.2) is 14.2 Å². The average molecular weight is 355 g/mol. The Morgan fingerprint density at radius 1 is 1.43 bits per heavy atom. The van der Waals surface area contributed by atoms with Crippen LogP contribution < -0.4 is 10.5 Å². The molecule has 0 bridgehead atoms. The fraction of sp³-hybridized carbons (Fsp3) is 0.143. The van der Waals surface area contributed by atoms with Crippen molar-refractivity contribution < 1.29 is 18.7 Å². The van der Waals surface area contributed by atoms with Crippen LogP contribution in [0.5, 0.6) is 11.6 Å². The van der Waals surface area contributed by atoms with Crippen LogP contribution >= 0.6 is 15.9 Å². The van der Waals surface area contributed by atoms with Gasteiger partial charge in [0.25, 0.3) is 0 Å². The Bertz CT molecular complexity index is 679. The molecule has 0 radical (unpaired) electrons. The number of benzene rings is 1. The van der Waals surface area contributed by atoms with Crippen molar-refractivity contribution in [1.82, 2.24) is 4.98 Å². The van der Waals surface area contributed by atoms with Crippen LogP contribution in [0.25, 0.3) is 0 Å². The molecule has 0 aliphatic carbocycles. The van der Waals surface area contributed by atoms with Gasteiger partial charge in [0.2, 0.25) is 5.88 Å². The number of esters is 1. The summed E-state index contributed by atoms with van der Waals surface area (Å²) in [5, 5.41) is 0. The molecule has 21 heavy (non-hydrogen) atoms. The number of pyridine rings is 1. The normalized spacial score (nSPS) is 10.2. The second-order valence-electron chi connectivity index (χ2n) is 3.97. The molecule has 0 saturated heterocycles. The Morgan fingerprint density at radius 3 is 2.90 bits per heavy atom. The third kappa shape index (κ3) is 3.49. The summed E-state index contributed by atoms with van der Waals surface area (Å²) in [7, 11) is 0. The molecule has 0 aliphatic heterocycles. The van der Waals surface area contributed by atoms with E-state index in [-0.39, 0.29) is 29.5 Å². The molecule has 1 heterocycles. The summed E-state index contributed by atoms with van der Waals surface area (Å²) < 4.78 is 24.5. The number of nitrogens with zero attached hydrogens (tertiary/aromatic N) is 1. The number of nitrogens with two attached hydrogens (primary N) is 1. The summed E-state index contributed by atoms with van der Waals surface area (Å²) in [6, 6.07) is 5.63. The molecule has 7 heteroatoms. The summed E-state index contributed by atoms with van der Waals surface area (Å²) in [5.41, 5.74) is 5.95. The first-order chi connectivity index (χ1) is 10.0. The zero-order valence-electron chi connectivity index (χ0n) is 11.1. The lowest BCUT2D eigenvalue weighted by atomic mass is 10.2. The molecule has 110 valence electrons. The summed E-state index contributed by atoms with van der Waals surface area (Å²) >= 11 is 3.21. The molecule has 0 fully saturated rings. The molecule has 5 nitrogen and oxygen atoms in total. The Kier molecular flexibility index (Phi) is 4.74. The van der Waals surface area contributed by atoms with Crippen molar-refractivity contribution in [3.05, 3.63) is 46.3 Å². The molecule has 2 N–H and O–H groups in total. The highest BCUT2D eigenvalue weighted by Crippen LogP contribution is 2.31. The molecule has 1 aromatic carbocycles. The highest BCUT2D eigenvalue weighted by atomic mass is 79.9. The van der Waals surface area contributed by atoms with Crippen molar-refractivity contribution in [3.63, 3.8) is 0 Å². The Balaban J connectivity index is 2.35. The molecule has 0 saturated carbocycles. The van der Waals surface area contributed by atoms with E-state index >= 15 is 0 Å². The molecule has 2 rings (SSSR count). The van der Waals surface area contributed by atoms with E-state index in [4.69, 9.17) is 15.2 Å². The molecular formula is C14H12BrFN2O3. The van der Waals surface area contributed by atoms with Crippen LogP contribution in [0.4, 0.5) is 10.1 Å². The maximum atomic E-state index is 13.7. The number of rotatable bonds is 4. The van der Waals surface area contributed by atoms with Gasteiger partial charge in [0.05, 0.1) is 12.2 Å². The number of anilines is 1. The van der Waals surface area contributed by atoms with Crippen LogP contribution in [-0.4, -0.2) is 17.6 Å². The van der Waals surface area contributed by atoms with E-state index < -0.39 is 11.8 Å².